The number of non-ortho nitro benzene ring substituents is 1. The van der Waals surface area contributed by atoms with Crippen LogP contribution >= 0.6 is 0 Å². The number of oxazole rings is 1. The van der Waals surface area contributed by atoms with E-state index in [1.165, 1.54) is 22.8 Å². The summed E-state index contributed by atoms with van der Waals surface area (Å²) < 4.78 is 6.47. The van der Waals surface area contributed by atoms with Crippen LogP contribution in [0.15, 0.2) is 51.7 Å². The second-order valence-corrected chi connectivity index (χ2v) is 6.73. The first-order valence-corrected chi connectivity index (χ1v) is 8.99. The number of aryl methyl sites for hydroxylation is 2. The number of hydrogen-bond donors (Lipinski definition) is 1. The molecule has 8 heteroatoms. The Hall–Kier alpha value is -3.42. The minimum Gasteiger partial charge on any atom is -0.407 e. The number of nitro groups is 1. The summed E-state index contributed by atoms with van der Waals surface area (Å²) in [7, 11) is 0. The van der Waals surface area contributed by atoms with Crippen LogP contribution in [0.25, 0.3) is 11.1 Å². The van der Waals surface area contributed by atoms with E-state index in [9.17, 15) is 19.7 Å². The zero-order valence-electron chi connectivity index (χ0n) is 15.7. The fraction of sp³-hybridized carbons (Fsp3) is 0.300. The number of rotatable bonds is 7. The average molecular weight is 383 g/mol. The van der Waals surface area contributed by atoms with Gasteiger partial charge in [-0.25, -0.2) is 4.79 Å². The van der Waals surface area contributed by atoms with Gasteiger partial charge in [0, 0.05) is 19.0 Å². The van der Waals surface area contributed by atoms with Gasteiger partial charge < -0.3 is 9.73 Å². The molecule has 28 heavy (non-hydrogen) atoms. The lowest BCUT2D eigenvalue weighted by molar-refractivity contribution is -0.384. The first-order valence-electron chi connectivity index (χ1n) is 8.99. The van der Waals surface area contributed by atoms with Crippen LogP contribution in [0.1, 0.15) is 36.9 Å². The SMILES string of the molecule is Cc1ccc(C(C)NC(=O)CCCn2c(=O)oc3cc([N+](=O)[O-])ccc32)cc1. The number of nitrogens with one attached hydrogen (secondary N) is 1. The summed E-state index contributed by atoms with van der Waals surface area (Å²) in [5.74, 6) is -0.700. The van der Waals surface area contributed by atoms with Crippen LogP contribution in [0.2, 0.25) is 0 Å². The highest BCUT2D eigenvalue weighted by molar-refractivity contribution is 5.77. The highest BCUT2D eigenvalue weighted by Crippen LogP contribution is 2.20. The second kappa shape index (κ2) is 8.08. The standard InChI is InChI=1S/C20H21N3O5/c1-13-5-7-15(8-6-13)14(2)21-19(24)4-3-11-22-17-10-9-16(23(26)27)12-18(17)28-20(22)25/h5-10,12,14H,3-4,11H2,1-2H3,(H,21,24). The van der Waals surface area contributed by atoms with Gasteiger partial charge in [0.25, 0.3) is 5.69 Å². The van der Waals surface area contributed by atoms with E-state index in [0.717, 1.165) is 11.1 Å². The van der Waals surface area contributed by atoms with Crippen molar-refractivity contribution in [3.63, 3.8) is 0 Å². The third kappa shape index (κ3) is 4.28. The van der Waals surface area contributed by atoms with E-state index in [1.54, 1.807) is 0 Å². The topological polar surface area (TPSA) is 107 Å². The Labute approximate surface area is 160 Å². The molecule has 0 aliphatic carbocycles. The van der Waals surface area contributed by atoms with Crippen molar-refractivity contribution in [1.29, 1.82) is 0 Å². The first-order chi connectivity index (χ1) is 13.3. The number of hydrogen-bond acceptors (Lipinski definition) is 5. The molecule has 1 N–H and O–H groups in total. The highest BCUT2D eigenvalue weighted by atomic mass is 16.6. The van der Waals surface area contributed by atoms with Crippen molar-refractivity contribution >= 4 is 22.7 Å². The maximum absolute atomic E-state index is 12.2. The maximum atomic E-state index is 12.2. The Morgan fingerprint density at radius 3 is 2.64 bits per heavy atom. The van der Waals surface area contributed by atoms with Crippen molar-refractivity contribution < 1.29 is 14.1 Å². The van der Waals surface area contributed by atoms with Gasteiger partial charge in [0.2, 0.25) is 5.91 Å². The lowest BCUT2D eigenvalue weighted by atomic mass is 10.1. The van der Waals surface area contributed by atoms with E-state index in [4.69, 9.17) is 4.42 Å². The molecule has 0 fully saturated rings. The molecule has 0 aliphatic heterocycles. The smallest absolute Gasteiger partial charge is 0.407 e. The normalized spacial score (nSPS) is 12.1. The summed E-state index contributed by atoms with van der Waals surface area (Å²) in [6.07, 6.45) is 0.695. The number of carbonyl (C=O) groups is 1. The summed E-state index contributed by atoms with van der Waals surface area (Å²) in [5.41, 5.74) is 2.68. The van der Waals surface area contributed by atoms with Crippen LogP contribution in [0.5, 0.6) is 0 Å². The van der Waals surface area contributed by atoms with Gasteiger partial charge in [0.05, 0.1) is 22.5 Å². The summed E-state index contributed by atoms with van der Waals surface area (Å²) in [4.78, 5) is 34.5. The third-order valence-electron chi connectivity index (χ3n) is 4.60. The minimum atomic E-state index is -0.594. The number of fused-ring (bicyclic) bond motifs is 1. The van der Waals surface area contributed by atoms with Crippen LogP contribution in [0, 0.1) is 17.0 Å². The highest BCUT2D eigenvalue weighted by Gasteiger charge is 2.15. The Balaban J connectivity index is 1.59. The van der Waals surface area contributed by atoms with Gasteiger partial charge in [-0.1, -0.05) is 29.8 Å². The van der Waals surface area contributed by atoms with Crippen LogP contribution in [0.4, 0.5) is 5.69 Å². The van der Waals surface area contributed by atoms with Crippen molar-refractivity contribution in [2.24, 2.45) is 0 Å². The largest absolute Gasteiger partial charge is 0.419 e. The number of nitrogens with zero attached hydrogens (tertiary/aromatic N) is 2. The zero-order valence-corrected chi connectivity index (χ0v) is 15.7. The molecule has 146 valence electrons. The molecule has 1 aromatic heterocycles. The number of amides is 1. The molecular weight excluding hydrogens is 362 g/mol. The average Bonchev–Trinajstić information content (AvgIpc) is 2.96. The Kier molecular flexibility index (Phi) is 5.58. The van der Waals surface area contributed by atoms with E-state index in [1.807, 2.05) is 38.1 Å². The molecule has 0 spiro atoms. The molecule has 1 unspecified atom stereocenters. The lowest BCUT2D eigenvalue weighted by Gasteiger charge is -2.14. The van der Waals surface area contributed by atoms with Gasteiger partial charge in [-0.15, -0.1) is 0 Å². The molecule has 8 nitrogen and oxygen atoms in total. The fourth-order valence-electron chi connectivity index (χ4n) is 3.03. The van der Waals surface area contributed by atoms with Gasteiger partial charge in [-0.2, -0.15) is 0 Å². The Morgan fingerprint density at radius 2 is 1.96 bits per heavy atom. The van der Waals surface area contributed by atoms with Crippen LogP contribution in [-0.2, 0) is 11.3 Å². The molecule has 0 saturated carbocycles. The summed E-state index contributed by atoms with van der Waals surface area (Å²) >= 11 is 0. The van der Waals surface area contributed by atoms with Crippen molar-refractivity contribution in [1.82, 2.24) is 9.88 Å². The van der Waals surface area contributed by atoms with Gasteiger partial charge in [-0.3, -0.25) is 19.5 Å². The van der Waals surface area contributed by atoms with Crippen molar-refractivity contribution in [3.05, 3.63) is 74.3 Å². The van der Waals surface area contributed by atoms with Gasteiger partial charge in [0.1, 0.15) is 0 Å². The third-order valence-corrected chi connectivity index (χ3v) is 4.60. The van der Waals surface area contributed by atoms with Gasteiger partial charge in [-0.05, 0) is 31.9 Å². The van der Waals surface area contributed by atoms with Crippen LogP contribution in [0.3, 0.4) is 0 Å². The summed E-state index contributed by atoms with van der Waals surface area (Å²) in [6, 6.07) is 11.9. The molecule has 3 rings (SSSR count). The number of carbonyl (C=O) groups excluding carboxylic acids is 1. The lowest BCUT2D eigenvalue weighted by Crippen LogP contribution is -2.27. The molecule has 2 aromatic carbocycles. The predicted octanol–water partition coefficient (Wildman–Crippen LogP) is 3.47. The fourth-order valence-corrected chi connectivity index (χ4v) is 3.03. The molecular formula is C20H21N3O5. The quantitative estimate of drug-likeness (QED) is 0.496. The van der Waals surface area contributed by atoms with Crippen molar-refractivity contribution in [2.75, 3.05) is 0 Å². The monoisotopic (exact) mass is 383 g/mol. The van der Waals surface area contributed by atoms with E-state index in [0.29, 0.717) is 11.9 Å². The second-order valence-electron chi connectivity index (χ2n) is 6.73. The maximum Gasteiger partial charge on any atom is 0.419 e. The number of nitro benzene ring substituents is 1. The first kappa shape index (κ1) is 19.3. The molecule has 1 heterocycles. The van der Waals surface area contributed by atoms with E-state index < -0.39 is 10.7 Å². The number of benzene rings is 2. The van der Waals surface area contributed by atoms with Crippen LogP contribution < -0.4 is 11.1 Å². The van der Waals surface area contributed by atoms with Crippen LogP contribution in [-0.4, -0.2) is 15.4 Å². The summed E-state index contributed by atoms with van der Waals surface area (Å²) in [6.45, 7) is 4.21. The number of aromatic nitrogens is 1. The summed E-state index contributed by atoms with van der Waals surface area (Å²) in [5, 5.41) is 13.8. The molecule has 0 aliphatic rings. The molecule has 0 radical (unpaired) electrons. The zero-order chi connectivity index (χ0) is 20.3. The van der Waals surface area contributed by atoms with Gasteiger partial charge >= 0.3 is 5.76 Å². The molecule has 0 saturated heterocycles. The molecule has 0 bridgehead atoms. The Morgan fingerprint density at radius 1 is 1.25 bits per heavy atom. The predicted molar refractivity (Wildman–Crippen MR) is 104 cm³/mol. The van der Waals surface area contributed by atoms with Crippen molar-refractivity contribution in [2.45, 2.75) is 39.3 Å². The Bertz CT molecular complexity index is 1070. The van der Waals surface area contributed by atoms with Crippen molar-refractivity contribution in [3.8, 4) is 0 Å². The minimum absolute atomic E-state index is 0.105. The molecule has 3 aromatic rings. The van der Waals surface area contributed by atoms with Gasteiger partial charge in [0.15, 0.2) is 5.58 Å². The molecule has 1 atom stereocenters. The van der Waals surface area contributed by atoms with E-state index in [2.05, 4.69) is 5.32 Å². The molecule has 1 amide bonds. The van der Waals surface area contributed by atoms with E-state index >= 15 is 0 Å². The van der Waals surface area contributed by atoms with E-state index in [-0.39, 0.29) is 36.2 Å².